The Morgan fingerprint density at radius 3 is 2.74 bits per heavy atom. The van der Waals surface area contributed by atoms with Crippen LogP contribution in [-0.4, -0.2) is 68.0 Å². The van der Waals surface area contributed by atoms with Crippen LogP contribution in [0.1, 0.15) is 49.4 Å². The Labute approximate surface area is 162 Å². The van der Waals surface area contributed by atoms with Gasteiger partial charge in [0.1, 0.15) is 17.0 Å². The number of rotatable bonds is 4. The molecule has 1 N–H and O–H groups in total. The van der Waals surface area contributed by atoms with E-state index < -0.39 is 0 Å². The summed E-state index contributed by atoms with van der Waals surface area (Å²) in [7, 11) is 0. The predicted octanol–water partition coefficient (Wildman–Crippen LogP) is 2.69. The molecule has 2 aliphatic rings. The van der Waals surface area contributed by atoms with E-state index >= 15 is 0 Å². The third-order valence-electron chi connectivity index (χ3n) is 5.37. The Morgan fingerprint density at radius 2 is 1.96 bits per heavy atom. The van der Waals surface area contributed by atoms with Crippen molar-refractivity contribution in [3.05, 3.63) is 18.1 Å². The number of nitrogens with zero attached hydrogens (tertiary/aromatic N) is 4. The molecule has 2 aromatic rings. The van der Waals surface area contributed by atoms with E-state index in [4.69, 9.17) is 0 Å². The molecule has 144 valence electrons. The van der Waals surface area contributed by atoms with Crippen LogP contribution < -0.4 is 0 Å². The van der Waals surface area contributed by atoms with Crippen molar-refractivity contribution in [3.63, 3.8) is 0 Å². The highest BCUT2D eigenvalue weighted by Crippen LogP contribution is 2.34. The van der Waals surface area contributed by atoms with Crippen molar-refractivity contribution < 1.29 is 9.59 Å². The first-order valence-corrected chi connectivity index (χ1v) is 10.6. The standard InChI is InChI=1S/C19H25N5O2S/c1-2-15(25)24-9-5-6-13(11-24)27-18-16-14(10-20-17(16)21-12-22-18)19(26)23-7-3-4-8-23/h10,12-13H,2-9,11H2,1H3,(H,20,21,22)/t13-/m1/s1. The molecule has 27 heavy (non-hydrogen) atoms. The number of likely N-dealkylation sites (tertiary alicyclic amines) is 2. The maximum atomic E-state index is 12.9. The number of thioether (sulfide) groups is 1. The Bertz CT molecular complexity index is 846. The van der Waals surface area contributed by atoms with E-state index in [1.54, 1.807) is 24.3 Å². The second kappa shape index (κ2) is 7.88. The van der Waals surface area contributed by atoms with Crippen molar-refractivity contribution in [3.8, 4) is 0 Å². The number of carbonyl (C=O) groups excluding carboxylic acids is 2. The topological polar surface area (TPSA) is 82.2 Å². The third kappa shape index (κ3) is 3.67. The van der Waals surface area contributed by atoms with Crippen LogP contribution in [0.5, 0.6) is 0 Å². The molecule has 1 atom stereocenters. The van der Waals surface area contributed by atoms with Gasteiger partial charge in [-0.2, -0.15) is 0 Å². The minimum Gasteiger partial charge on any atom is -0.345 e. The number of fused-ring (bicyclic) bond motifs is 1. The average Bonchev–Trinajstić information content (AvgIpc) is 3.37. The van der Waals surface area contributed by atoms with Gasteiger partial charge < -0.3 is 14.8 Å². The van der Waals surface area contributed by atoms with Crippen molar-refractivity contribution in [1.29, 1.82) is 0 Å². The molecule has 8 heteroatoms. The van der Waals surface area contributed by atoms with Gasteiger partial charge in [-0.25, -0.2) is 9.97 Å². The zero-order valence-corrected chi connectivity index (χ0v) is 16.4. The Morgan fingerprint density at radius 1 is 1.19 bits per heavy atom. The van der Waals surface area contributed by atoms with Crippen LogP contribution in [0, 0.1) is 0 Å². The molecule has 2 saturated heterocycles. The van der Waals surface area contributed by atoms with E-state index in [-0.39, 0.29) is 17.1 Å². The molecule has 2 aliphatic heterocycles. The summed E-state index contributed by atoms with van der Waals surface area (Å²) in [5, 5.41) is 1.94. The maximum Gasteiger partial charge on any atom is 0.256 e. The molecule has 0 saturated carbocycles. The van der Waals surface area contributed by atoms with Crippen LogP contribution in [-0.2, 0) is 4.79 Å². The maximum absolute atomic E-state index is 12.9. The van der Waals surface area contributed by atoms with Crippen LogP contribution >= 0.6 is 11.8 Å². The number of amides is 2. The Kier molecular flexibility index (Phi) is 5.33. The molecule has 4 rings (SSSR count). The van der Waals surface area contributed by atoms with Crippen LogP contribution in [0.4, 0.5) is 0 Å². The number of hydrogen-bond donors (Lipinski definition) is 1. The summed E-state index contributed by atoms with van der Waals surface area (Å²) < 4.78 is 0. The number of carbonyl (C=O) groups is 2. The number of aromatic nitrogens is 3. The first kappa shape index (κ1) is 18.3. The van der Waals surface area contributed by atoms with Crippen molar-refractivity contribution in [2.24, 2.45) is 0 Å². The van der Waals surface area contributed by atoms with Gasteiger partial charge in [0.15, 0.2) is 0 Å². The highest BCUT2D eigenvalue weighted by molar-refractivity contribution is 8.00. The lowest BCUT2D eigenvalue weighted by atomic mass is 10.1. The molecule has 2 aromatic heterocycles. The molecule has 7 nitrogen and oxygen atoms in total. The molecule has 0 unspecified atom stereocenters. The minimum absolute atomic E-state index is 0.0573. The van der Waals surface area contributed by atoms with E-state index in [9.17, 15) is 9.59 Å². The molecule has 0 spiro atoms. The summed E-state index contributed by atoms with van der Waals surface area (Å²) in [5.74, 6) is 0.265. The van der Waals surface area contributed by atoms with Crippen LogP contribution in [0.3, 0.4) is 0 Å². The van der Waals surface area contributed by atoms with Crippen LogP contribution in [0.15, 0.2) is 17.6 Å². The lowest BCUT2D eigenvalue weighted by molar-refractivity contribution is -0.131. The molecule has 2 fully saturated rings. The summed E-state index contributed by atoms with van der Waals surface area (Å²) in [6, 6.07) is 0. The Hall–Kier alpha value is -2.09. The van der Waals surface area contributed by atoms with E-state index in [2.05, 4.69) is 15.0 Å². The zero-order valence-electron chi connectivity index (χ0n) is 15.6. The van der Waals surface area contributed by atoms with E-state index in [1.807, 2.05) is 16.7 Å². The highest BCUT2D eigenvalue weighted by Gasteiger charge is 2.27. The van der Waals surface area contributed by atoms with E-state index in [1.165, 1.54) is 0 Å². The summed E-state index contributed by atoms with van der Waals surface area (Å²) in [4.78, 5) is 40.8. The fourth-order valence-corrected chi connectivity index (χ4v) is 5.21. The fraction of sp³-hybridized carbons (Fsp3) is 0.579. The largest absolute Gasteiger partial charge is 0.345 e. The predicted molar refractivity (Wildman–Crippen MR) is 105 cm³/mol. The molecule has 0 radical (unpaired) electrons. The van der Waals surface area contributed by atoms with E-state index in [0.717, 1.165) is 62.3 Å². The summed E-state index contributed by atoms with van der Waals surface area (Å²) in [6.45, 7) is 5.12. The molecular weight excluding hydrogens is 362 g/mol. The van der Waals surface area contributed by atoms with Gasteiger partial charge in [0.05, 0.1) is 10.9 Å². The monoisotopic (exact) mass is 387 g/mol. The van der Waals surface area contributed by atoms with Gasteiger partial charge >= 0.3 is 0 Å². The fourth-order valence-electron chi connectivity index (χ4n) is 3.93. The van der Waals surface area contributed by atoms with Gasteiger partial charge in [0.2, 0.25) is 5.91 Å². The summed E-state index contributed by atoms with van der Waals surface area (Å²) in [6.07, 6.45) is 8.03. The van der Waals surface area contributed by atoms with Gasteiger partial charge in [-0.15, -0.1) is 11.8 Å². The number of nitrogens with one attached hydrogen (secondary N) is 1. The smallest absolute Gasteiger partial charge is 0.256 e. The van der Waals surface area contributed by atoms with Crippen molar-refractivity contribution in [2.75, 3.05) is 26.2 Å². The first-order chi connectivity index (χ1) is 13.2. The normalized spacial score (nSPS) is 20.4. The van der Waals surface area contributed by atoms with Gasteiger partial charge in [-0.1, -0.05) is 6.92 Å². The molecular formula is C19H25N5O2S. The number of aromatic amines is 1. The lowest BCUT2D eigenvalue weighted by Gasteiger charge is -2.32. The lowest BCUT2D eigenvalue weighted by Crippen LogP contribution is -2.40. The Balaban J connectivity index is 1.59. The van der Waals surface area contributed by atoms with Gasteiger partial charge in [-0.05, 0) is 25.7 Å². The number of piperidine rings is 1. The quantitative estimate of drug-likeness (QED) is 0.816. The number of hydrogen-bond acceptors (Lipinski definition) is 5. The van der Waals surface area contributed by atoms with Crippen LogP contribution in [0.25, 0.3) is 11.0 Å². The highest BCUT2D eigenvalue weighted by atomic mass is 32.2. The first-order valence-electron chi connectivity index (χ1n) is 9.73. The number of H-pyrrole nitrogens is 1. The molecule has 0 bridgehead atoms. The molecule has 0 aromatic carbocycles. The summed E-state index contributed by atoms with van der Waals surface area (Å²) in [5.41, 5.74) is 1.36. The summed E-state index contributed by atoms with van der Waals surface area (Å²) >= 11 is 1.67. The second-order valence-electron chi connectivity index (χ2n) is 7.18. The SMILES string of the molecule is CCC(=O)N1CCC[C@@H](Sc2ncnc3[nH]cc(C(=O)N4CCCC4)c23)C1. The third-order valence-corrected chi connectivity index (χ3v) is 6.62. The van der Waals surface area contributed by atoms with Gasteiger partial charge in [0, 0.05) is 44.0 Å². The van der Waals surface area contributed by atoms with Crippen molar-refractivity contribution >= 4 is 34.6 Å². The van der Waals surface area contributed by atoms with Crippen molar-refractivity contribution in [2.45, 2.75) is 49.3 Å². The molecule has 2 amide bonds. The van der Waals surface area contributed by atoms with E-state index in [0.29, 0.717) is 17.6 Å². The average molecular weight is 388 g/mol. The molecule has 0 aliphatic carbocycles. The molecule has 4 heterocycles. The second-order valence-corrected chi connectivity index (χ2v) is 8.47. The van der Waals surface area contributed by atoms with Gasteiger partial charge in [0.25, 0.3) is 5.91 Å². The van der Waals surface area contributed by atoms with Gasteiger partial charge in [-0.3, -0.25) is 9.59 Å². The zero-order chi connectivity index (χ0) is 18.8. The van der Waals surface area contributed by atoms with Crippen molar-refractivity contribution in [1.82, 2.24) is 24.8 Å². The minimum atomic E-state index is 0.0573. The van der Waals surface area contributed by atoms with Crippen LogP contribution in [0.2, 0.25) is 0 Å².